The molecule has 2 aromatic rings. The Bertz CT molecular complexity index is 997. The van der Waals surface area contributed by atoms with Crippen LogP contribution in [0.15, 0.2) is 4.52 Å². The highest BCUT2D eigenvalue weighted by Gasteiger charge is 2.56. The van der Waals surface area contributed by atoms with E-state index in [0.29, 0.717) is 50.1 Å². The van der Waals surface area contributed by atoms with Crippen LogP contribution in [-0.2, 0) is 35.2 Å². The van der Waals surface area contributed by atoms with Crippen LogP contribution in [0.1, 0.15) is 52.5 Å². The van der Waals surface area contributed by atoms with Crippen LogP contribution < -0.4 is 0 Å². The number of aromatic nitrogens is 4. The molecule has 0 aliphatic carbocycles. The second-order valence-electron chi connectivity index (χ2n) is 8.41. The van der Waals surface area contributed by atoms with E-state index >= 15 is 0 Å². The first-order valence-corrected chi connectivity index (χ1v) is 10.2. The summed E-state index contributed by atoms with van der Waals surface area (Å²) in [5.74, 6) is 0.0548. The summed E-state index contributed by atoms with van der Waals surface area (Å²) in [7, 11) is 1.51. The lowest BCUT2D eigenvalue weighted by Crippen LogP contribution is -2.48. The zero-order valence-electron chi connectivity index (χ0n) is 16.9. The first-order valence-electron chi connectivity index (χ1n) is 10.2. The van der Waals surface area contributed by atoms with Gasteiger partial charge in [0.25, 0.3) is 5.91 Å². The van der Waals surface area contributed by atoms with Gasteiger partial charge < -0.3 is 23.5 Å². The molecule has 2 saturated heterocycles. The van der Waals surface area contributed by atoms with Gasteiger partial charge in [-0.15, -0.1) is 0 Å². The fourth-order valence-electron chi connectivity index (χ4n) is 4.77. The largest absolute Gasteiger partial charge is 0.435 e. The molecule has 9 nitrogen and oxygen atoms in total. The Balaban J connectivity index is 1.47. The fraction of sp³-hybridized carbons (Fsp3) is 0.684. The number of carbonyl (C=O) groups is 1. The number of nitrogens with zero attached hydrogens (tertiary/aromatic N) is 5. The number of methoxy groups -OCH3 is 1. The predicted octanol–water partition coefficient (Wildman–Crippen LogP) is 2.02. The Morgan fingerprint density at radius 3 is 2.77 bits per heavy atom. The lowest BCUT2D eigenvalue weighted by atomic mass is 9.76. The molecule has 0 N–H and O–H groups in total. The van der Waals surface area contributed by atoms with Crippen molar-refractivity contribution in [2.75, 3.05) is 33.4 Å². The van der Waals surface area contributed by atoms with Gasteiger partial charge in [-0.05, 0) is 12.8 Å². The molecule has 5 heterocycles. The van der Waals surface area contributed by atoms with Gasteiger partial charge in [0.1, 0.15) is 18.1 Å². The Hall–Kier alpha value is -2.47. The highest BCUT2D eigenvalue weighted by Crippen LogP contribution is 2.48. The van der Waals surface area contributed by atoms with Crippen LogP contribution in [0.4, 0.5) is 13.2 Å². The minimum absolute atomic E-state index is 0.175. The number of amides is 1. The highest BCUT2D eigenvalue weighted by molar-refractivity contribution is 5.94. The molecule has 0 radical (unpaired) electrons. The van der Waals surface area contributed by atoms with Gasteiger partial charge >= 0.3 is 6.18 Å². The number of imidazole rings is 1. The van der Waals surface area contributed by atoms with Gasteiger partial charge in [0.2, 0.25) is 5.89 Å². The predicted molar refractivity (Wildman–Crippen MR) is 97.1 cm³/mol. The standard InChI is InChI=1S/C19H22F3N5O4/c1-29-7-12-23-16(31-25-12)11-6-26(8-18(11)9-30-10-18)17(28)14-15(19(20,21)22)24-13-4-2-3-5-27(13)14/h11H,2-10H2,1H3. The molecule has 3 aliphatic heterocycles. The molecular weight excluding hydrogens is 419 g/mol. The number of ether oxygens (including phenoxy) is 2. The topological polar surface area (TPSA) is 95.5 Å². The monoisotopic (exact) mass is 441 g/mol. The summed E-state index contributed by atoms with van der Waals surface area (Å²) in [6.45, 7) is 1.72. The van der Waals surface area contributed by atoms with E-state index in [0.717, 1.165) is 6.42 Å². The van der Waals surface area contributed by atoms with Crippen molar-refractivity contribution in [1.29, 1.82) is 0 Å². The van der Waals surface area contributed by atoms with E-state index in [1.807, 2.05) is 0 Å². The third kappa shape index (κ3) is 3.32. The van der Waals surface area contributed by atoms with Gasteiger partial charge in [0, 0.05) is 38.6 Å². The Labute approximate surface area is 175 Å². The van der Waals surface area contributed by atoms with Crippen molar-refractivity contribution in [1.82, 2.24) is 24.6 Å². The van der Waals surface area contributed by atoms with Crippen LogP contribution in [0.2, 0.25) is 0 Å². The number of aryl methyl sites for hydroxylation is 1. The van der Waals surface area contributed by atoms with Crippen LogP contribution >= 0.6 is 0 Å². The lowest BCUT2D eigenvalue weighted by Gasteiger charge is -2.40. The van der Waals surface area contributed by atoms with Crippen molar-refractivity contribution < 1.29 is 32.0 Å². The van der Waals surface area contributed by atoms with Gasteiger partial charge in [0.15, 0.2) is 11.5 Å². The zero-order valence-corrected chi connectivity index (χ0v) is 16.9. The molecule has 1 amide bonds. The summed E-state index contributed by atoms with van der Waals surface area (Å²) in [5.41, 5.74) is -1.92. The summed E-state index contributed by atoms with van der Waals surface area (Å²) in [6.07, 6.45) is -2.80. The Kier molecular flexibility index (Phi) is 4.81. The van der Waals surface area contributed by atoms with Crippen LogP contribution in [0, 0.1) is 5.41 Å². The van der Waals surface area contributed by atoms with E-state index in [4.69, 9.17) is 14.0 Å². The molecule has 0 aromatic carbocycles. The minimum atomic E-state index is -4.70. The molecule has 2 fully saturated rings. The molecule has 1 atom stereocenters. The second-order valence-corrected chi connectivity index (χ2v) is 8.41. The first kappa shape index (κ1) is 20.4. The van der Waals surface area contributed by atoms with Crippen LogP contribution in [-0.4, -0.2) is 63.9 Å². The van der Waals surface area contributed by atoms with E-state index < -0.39 is 23.2 Å². The summed E-state index contributed by atoms with van der Waals surface area (Å²) >= 11 is 0. The molecule has 5 rings (SSSR count). The van der Waals surface area contributed by atoms with Crippen LogP contribution in [0.5, 0.6) is 0 Å². The van der Waals surface area contributed by atoms with Crippen molar-refractivity contribution >= 4 is 5.91 Å². The van der Waals surface area contributed by atoms with Crippen molar-refractivity contribution in [2.24, 2.45) is 5.41 Å². The highest BCUT2D eigenvalue weighted by atomic mass is 19.4. The van der Waals surface area contributed by atoms with E-state index in [2.05, 4.69) is 15.1 Å². The zero-order chi connectivity index (χ0) is 21.8. The summed E-state index contributed by atoms with van der Waals surface area (Å²) in [4.78, 5) is 23.0. The van der Waals surface area contributed by atoms with Gasteiger partial charge in [-0.3, -0.25) is 4.79 Å². The van der Waals surface area contributed by atoms with Crippen molar-refractivity contribution in [3.63, 3.8) is 0 Å². The minimum Gasteiger partial charge on any atom is -0.380 e. The smallest absolute Gasteiger partial charge is 0.380 e. The first-order chi connectivity index (χ1) is 14.8. The maximum Gasteiger partial charge on any atom is 0.435 e. The molecular formula is C19H22F3N5O4. The number of fused-ring (bicyclic) bond motifs is 1. The third-order valence-electron chi connectivity index (χ3n) is 6.32. The summed E-state index contributed by atoms with van der Waals surface area (Å²) in [6, 6.07) is 0. The van der Waals surface area contributed by atoms with Gasteiger partial charge in [-0.2, -0.15) is 18.2 Å². The van der Waals surface area contributed by atoms with Crippen LogP contribution in [0.3, 0.4) is 0 Å². The van der Waals surface area contributed by atoms with E-state index in [-0.39, 0.29) is 31.3 Å². The van der Waals surface area contributed by atoms with E-state index in [1.165, 1.54) is 16.6 Å². The quantitative estimate of drug-likeness (QED) is 0.716. The number of hydrogen-bond acceptors (Lipinski definition) is 7. The van der Waals surface area contributed by atoms with Crippen LogP contribution in [0.25, 0.3) is 0 Å². The number of halogens is 3. The van der Waals surface area contributed by atoms with E-state index in [9.17, 15) is 18.0 Å². The molecule has 0 saturated carbocycles. The number of carbonyl (C=O) groups excluding carboxylic acids is 1. The van der Waals surface area contributed by atoms with Gasteiger partial charge in [-0.1, -0.05) is 5.16 Å². The molecule has 0 bridgehead atoms. The van der Waals surface area contributed by atoms with Gasteiger partial charge in [0.05, 0.1) is 19.1 Å². The SMILES string of the molecule is COCc1noc(C2CN(C(=O)c3c(C(F)(F)F)nc4n3CCCC4)CC23COC3)n1. The summed E-state index contributed by atoms with van der Waals surface area (Å²) in [5, 5.41) is 3.88. The second kappa shape index (κ2) is 7.30. The van der Waals surface area contributed by atoms with Crippen molar-refractivity contribution in [2.45, 2.75) is 44.5 Å². The van der Waals surface area contributed by atoms with E-state index in [1.54, 1.807) is 0 Å². The molecule has 1 unspecified atom stereocenters. The molecule has 168 valence electrons. The number of rotatable bonds is 4. The Morgan fingerprint density at radius 2 is 2.10 bits per heavy atom. The molecule has 31 heavy (non-hydrogen) atoms. The maximum atomic E-state index is 13.7. The third-order valence-corrected chi connectivity index (χ3v) is 6.32. The molecule has 12 heteroatoms. The average molecular weight is 441 g/mol. The lowest BCUT2D eigenvalue weighted by molar-refractivity contribution is -0.141. The van der Waals surface area contributed by atoms with Gasteiger partial charge in [-0.25, -0.2) is 4.98 Å². The molecule has 1 spiro atoms. The fourth-order valence-corrected chi connectivity index (χ4v) is 4.77. The normalized spacial score (nSPS) is 22.6. The number of likely N-dealkylation sites (tertiary alicyclic amines) is 1. The average Bonchev–Trinajstić information content (AvgIpc) is 3.41. The molecule has 2 aromatic heterocycles. The number of hydrogen-bond donors (Lipinski definition) is 0. The summed E-state index contributed by atoms with van der Waals surface area (Å²) < 4.78 is 58.4. The van der Waals surface area contributed by atoms with Crippen molar-refractivity contribution in [3.8, 4) is 0 Å². The van der Waals surface area contributed by atoms with Crippen molar-refractivity contribution in [3.05, 3.63) is 28.9 Å². The number of alkyl halides is 3. The maximum absolute atomic E-state index is 13.7. The molecule has 3 aliphatic rings. The Morgan fingerprint density at radius 1 is 1.29 bits per heavy atom.